The van der Waals surface area contributed by atoms with Crippen LogP contribution < -0.4 is 10.1 Å². The van der Waals surface area contributed by atoms with E-state index in [0.29, 0.717) is 19.0 Å². The van der Waals surface area contributed by atoms with Crippen molar-refractivity contribution in [2.24, 2.45) is 7.05 Å². The van der Waals surface area contributed by atoms with Crippen molar-refractivity contribution in [2.45, 2.75) is 51.7 Å². The predicted molar refractivity (Wildman–Crippen MR) is 125 cm³/mol. The Labute approximate surface area is 193 Å². The zero-order valence-corrected chi connectivity index (χ0v) is 20.7. The molecule has 7 nitrogen and oxygen atoms in total. The number of nitrogens with zero attached hydrogens (tertiary/aromatic N) is 3. The number of ether oxygens (including phenoxy) is 2. The van der Waals surface area contributed by atoms with Gasteiger partial charge in [-0.3, -0.25) is 14.4 Å². The van der Waals surface area contributed by atoms with Crippen LogP contribution in [0.5, 0.6) is 5.75 Å². The number of benzene rings is 1. The molecule has 1 aliphatic rings. The van der Waals surface area contributed by atoms with E-state index in [-0.39, 0.29) is 24.0 Å². The summed E-state index contributed by atoms with van der Waals surface area (Å²) in [6.45, 7) is 8.50. The lowest BCUT2D eigenvalue weighted by molar-refractivity contribution is -0.117. The van der Waals surface area contributed by atoms with Crippen LogP contribution in [0, 0.1) is 0 Å². The van der Waals surface area contributed by atoms with E-state index in [0.717, 1.165) is 40.9 Å². The molecule has 1 aromatic heterocycles. The quantitative estimate of drug-likeness (QED) is 0.600. The molecule has 0 radical (unpaired) electrons. The molecule has 0 spiro atoms. The summed E-state index contributed by atoms with van der Waals surface area (Å²) in [5, 5.41) is 7.48. The minimum atomic E-state index is -0.0808. The van der Waals surface area contributed by atoms with Crippen LogP contribution in [0.3, 0.4) is 0 Å². The monoisotopic (exact) mass is 492 g/mol. The lowest BCUT2D eigenvalue weighted by Gasteiger charge is -2.20. The largest absolute Gasteiger partial charge is 0.489 e. The second-order valence-electron chi connectivity index (χ2n) is 9.18. The number of anilines is 1. The fourth-order valence-corrected chi connectivity index (χ4v) is 4.04. The Morgan fingerprint density at radius 3 is 2.84 bits per heavy atom. The topological polar surface area (TPSA) is 68.6 Å². The maximum Gasteiger partial charge on any atom is 0.239 e. The number of hydrogen-bond donors (Lipinski definition) is 1. The maximum atomic E-state index is 12.6. The summed E-state index contributed by atoms with van der Waals surface area (Å²) in [6.07, 6.45) is 2.27. The molecule has 2 aromatic rings. The van der Waals surface area contributed by atoms with Crippen LogP contribution in [-0.4, -0.2) is 53.5 Å². The number of aryl methyl sites for hydroxylation is 1. The van der Waals surface area contributed by atoms with Gasteiger partial charge in [-0.15, -0.1) is 0 Å². The molecule has 0 saturated carbocycles. The number of para-hydroxylation sites is 1. The molecule has 0 aliphatic carbocycles. The molecule has 1 atom stereocenters. The third-order valence-corrected chi connectivity index (χ3v) is 5.88. The summed E-state index contributed by atoms with van der Waals surface area (Å²) in [5.41, 5.74) is 1.90. The first-order valence-electron chi connectivity index (χ1n) is 10.7. The van der Waals surface area contributed by atoms with Gasteiger partial charge in [-0.05, 0) is 41.9 Å². The zero-order chi connectivity index (χ0) is 22.6. The van der Waals surface area contributed by atoms with Gasteiger partial charge in [0.2, 0.25) is 5.91 Å². The number of hydrogen-bond acceptors (Lipinski definition) is 5. The molecule has 2 heterocycles. The predicted octanol–water partition coefficient (Wildman–Crippen LogP) is 4.11. The Morgan fingerprint density at radius 2 is 2.19 bits per heavy atom. The first-order valence-corrected chi connectivity index (χ1v) is 11.5. The van der Waals surface area contributed by atoms with E-state index in [1.165, 1.54) is 0 Å². The van der Waals surface area contributed by atoms with Crippen molar-refractivity contribution in [3.05, 3.63) is 40.0 Å². The third-order valence-electron chi connectivity index (χ3n) is 5.26. The van der Waals surface area contributed by atoms with Crippen LogP contribution in [-0.2, 0) is 28.5 Å². The summed E-state index contributed by atoms with van der Waals surface area (Å²) < 4.78 is 14.4. The molecule has 1 aliphatic heterocycles. The maximum absolute atomic E-state index is 12.6. The molecule has 1 saturated heterocycles. The number of amides is 1. The van der Waals surface area contributed by atoms with E-state index in [2.05, 4.69) is 47.1 Å². The van der Waals surface area contributed by atoms with Crippen molar-refractivity contribution >= 4 is 27.7 Å². The summed E-state index contributed by atoms with van der Waals surface area (Å²) in [5.74, 6) is 1.43. The van der Waals surface area contributed by atoms with Gasteiger partial charge in [0.1, 0.15) is 18.2 Å². The van der Waals surface area contributed by atoms with Crippen molar-refractivity contribution < 1.29 is 14.3 Å². The normalized spacial score (nSPS) is 16.7. The number of nitrogens with one attached hydrogen (secondary N) is 1. The van der Waals surface area contributed by atoms with Gasteiger partial charge in [0.15, 0.2) is 0 Å². The Morgan fingerprint density at radius 1 is 1.42 bits per heavy atom. The lowest BCUT2D eigenvalue weighted by Crippen LogP contribution is -2.30. The smallest absolute Gasteiger partial charge is 0.239 e. The molecule has 0 bridgehead atoms. The fraction of sp³-hybridized carbons (Fsp3) is 0.565. The highest BCUT2D eigenvalue weighted by molar-refractivity contribution is 9.10. The molecule has 1 N–H and O–H groups in total. The van der Waals surface area contributed by atoms with Crippen molar-refractivity contribution in [3.8, 4) is 5.75 Å². The number of halogens is 1. The number of carbonyl (C=O) groups excluding carboxylic acids is 1. The summed E-state index contributed by atoms with van der Waals surface area (Å²) in [6, 6.07) is 7.91. The zero-order valence-electron chi connectivity index (χ0n) is 19.1. The lowest BCUT2D eigenvalue weighted by atomic mass is 9.92. The Bertz CT molecular complexity index is 901. The molecule has 1 fully saturated rings. The Balaban J connectivity index is 1.59. The Hall–Kier alpha value is -1.90. The van der Waals surface area contributed by atoms with Gasteiger partial charge >= 0.3 is 0 Å². The van der Waals surface area contributed by atoms with E-state index in [1.54, 1.807) is 4.68 Å². The Kier molecular flexibility index (Phi) is 7.78. The van der Waals surface area contributed by atoms with Crippen molar-refractivity contribution in [2.75, 3.05) is 32.1 Å². The third kappa shape index (κ3) is 6.54. The summed E-state index contributed by atoms with van der Waals surface area (Å²) in [7, 11) is 3.77. The fourth-order valence-electron chi connectivity index (χ4n) is 3.52. The van der Waals surface area contributed by atoms with E-state index in [4.69, 9.17) is 9.47 Å². The second kappa shape index (κ2) is 10.1. The van der Waals surface area contributed by atoms with Crippen LogP contribution in [0.1, 0.15) is 44.9 Å². The molecule has 31 heavy (non-hydrogen) atoms. The number of aromatic nitrogens is 2. The summed E-state index contributed by atoms with van der Waals surface area (Å²) in [4.78, 5) is 14.6. The number of likely N-dealkylation sites (N-methyl/N-ethyl adjacent to an activating group) is 1. The minimum Gasteiger partial charge on any atom is -0.489 e. The van der Waals surface area contributed by atoms with Gasteiger partial charge in [-0.1, -0.05) is 32.9 Å². The average molecular weight is 493 g/mol. The van der Waals surface area contributed by atoms with Gasteiger partial charge < -0.3 is 14.8 Å². The van der Waals surface area contributed by atoms with Gasteiger partial charge in [0.25, 0.3) is 0 Å². The van der Waals surface area contributed by atoms with E-state index in [1.807, 2.05) is 43.3 Å². The second-order valence-corrected chi connectivity index (χ2v) is 10.0. The SMILES string of the molecule is CN(CC(=O)Nc1cc(C(C)(C)C)nn1C)Cc1cccc(Br)c1OCC1CCCO1. The van der Waals surface area contributed by atoms with E-state index >= 15 is 0 Å². The van der Waals surface area contributed by atoms with E-state index < -0.39 is 0 Å². The van der Waals surface area contributed by atoms with Crippen molar-refractivity contribution in [3.63, 3.8) is 0 Å². The molecular formula is C23H33BrN4O3. The van der Waals surface area contributed by atoms with Crippen molar-refractivity contribution in [1.82, 2.24) is 14.7 Å². The first-order chi connectivity index (χ1) is 14.6. The highest BCUT2D eigenvalue weighted by Crippen LogP contribution is 2.31. The van der Waals surface area contributed by atoms with Crippen LogP contribution in [0.15, 0.2) is 28.7 Å². The highest BCUT2D eigenvalue weighted by atomic mass is 79.9. The summed E-state index contributed by atoms with van der Waals surface area (Å²) >= 11 is 3.59. The van der Waals surface area contributed by atoms with Gasteiger partial charge in [0.05, 0.1) is 22.8 Å². The van der Waals surface area contributed by atoms with Crippen LogP contribution in [0.4, 0.5) is 5.82 Å². The van der Waals surface area contributed by atoms with Crippen LogP contribution in [0.25, 0.3) is 0 Å². The number of rotatable bonds is 8. The van der Waals surface area contributed by atoms with Crippen LogP contribution in [0.2, 0.25) is 0 Å². The number of carbonyl (C=O) groups is 1. The molecular weight excluding hydrogens is 460 g/mol. The van der Waals surface area contributed by atoms with E-state index in [9.17, 15) is 4.79 Å². The highest BCUT2D eigenvalue weighted by Gasteiger charge is 2.21. The van der Waals surface area contributed by atoms with Crippen molar-refractivity contribution in [1.29, 1.82) is 0 Å². The molecule has 170 valence electrons. The molecule has 1 amide bonds. The van der Waals surface area contributed by atoms with Gasteiger partial charge in [-0.25, -0.2) is 0 Å². The minimum absolute atomic E-state index is 0.0713. The standard InChI is InChI=1S/C23H33BrN4O3/c1-23(2,3)19-12-20(28(5)26-19)25-21(29)14-27(4)13-16-8-6-10-18(24)22(16)31-15-17-9-7-11-30-17/h6,8,10,12,17H,7,9,11,13-15H2,1-5H3,(H,25,29). The van der Waals surface area contributed by atoms with Gasteiger partial charge in [-0.2, -0.15) is 5.10 Å². The van der Waals surface area contributed by atoms with Crippen LogP contribution >= 0.6 is 15.9 Å². The molecule has 1 unspecified atom stereocenters. The average Bonchev–Trinajstić information content (AvgIpc) is 3.31. The molecule has 3 rings (SSSR count). The van der Waals surface area contributed by atoms with Gasteiger partial charge in [0, 0.05) is 37.2 Å². The first kappa shape index (κ1) is 23.8. The molecule has 1 aromatic carbocycles. The molecule has 8 heteroatoms.